The monoisotopic (exact) mass is 230 g/mol. The molecule has 4 nitrogen and oxygen atoms in total. The number of aryl methyl sites for hydroxylation is 1. The molecule has 0 radical (unpaired) electrons. The summed E-state index contributed by atoms with van der Waals surface area (Å²) >= 11 is 5.67. The molecule has 1 rings (SSSR count). The molecule has 0 aliphatic heterocycles. The van der Waals surface area contributed by atoms with Crippen LogP contribution in [0.4, 0.5) is 0 Å². The molecule has 15 heavy (non-hydrogen) atoms. The number of rotatable bonds is 4. The lowest BCUT2D eigenvalue weighted by molar-refractivity contribution is -0.136. The molecule has 1 unspecified atom stereocenters. The molecule has 0 bridgehead atoms. The molecule has 0 aliphatic carbocycles. The fourth-order valence-corrected chi connectivity index (χ4v) is 1.78. The summed E-state index contributed by atoms with van der Waals surface area (Å²) < 4.78 is 1.67. The van der Waals surface area contributed by atoms with Gasteiger partial charge in [0.2, 0.25) is 0 Å². The normalized spacial score (nSPS) is 12.8. The molecular weight excluding hydrogens is 216 g/mol. The van der Waals surface area contributed by atoms with Gasteiger partial charge in [-0.25, -0.2) is 0 Å². The number of aromatic nitrogens is 2. The zero-order valence-electron chi connectivity index (χ0n) is 9.12. The van der Waals surface area contributed by atoms with Crippen molar-refractivity contribution < 1.29 is 9.90 Å². The summed E-state index contributed by atoms with van der Waals surface area (Å²) in [6.07, 6.45) is 0.900. The van der Waals surface area contributed by atoms with Gasteiger partial charge < -0.3 is 5.11 Å². The number of nitrogens with zero attached hydrogens (tertiary/aromatic N) is 2. The summed E-state index contributed by atoms with van der Waals surface area (Å²) in [5.41, 5.74) is 3.12. The molecule has 0 aromatic carbocycles. The van der Waals surface area contributed by atoms with Gasteiger partial charge in [0, 0.05) is 5.69 Å². The Kier molecular flexibility index (Phi) is 3.74. The Balaban J connectivity index is 2.91. The molecule has 1 aromatic heterocycles. The fourth-order valence-electron chi connectivity index (χ4n) is 1.65. The van der Waals surface area contributed by atoms with Crippen molar-refractivity contribution in [3.8, 4) is 0 Å². The third-order valence-electron chi connectivity index (χ3n) is 2.49. The Morgan fingerprint density at radius 3 is 2.60 bits per heavy atom. The Morgan fingerprint density at radius 2 is 2.20 bits per heavy atom. The molecule has 0 fully saturated rings. The molecule has 1 aromatic rings. The van der Waals surface area contributed by atoms with Crippen LogP contribution in [0.25, 0.3) is 0 Å². The Labute approximate surface area is 93.9 Å². The van der Waals surface area contributed by atoms with Crippen LogP contribution >= 0.6 is 11.6 Å². The van der Waals surface area contributed by atoms with Crippen molar-refractivity contribution in [3.05, 3.63) is 17.0 Å². The van der Waals surface area contributed by atoms with E-state index in [1.165, 1.54) is 5.56 Å². The van der Waals surface area contributed by atoms with Crippen LogP contribution < -0.4 is 0 Å². The first-order valence-electron chi connectivity index (χ1n) is 4.87. The minimum atomic E-state index is -1.01. The van der Waals surface area contributed by atoms with E-state index in [9.17, 15) is 4.79 Å². The second-order valence-electron chi connectivity index (χ2n) is 3.49. The Morgan fingerprint density at radius 1 is 1.60 bits per heavy atom. The quantitative estimate of drug-likeness (QED) is 0.802. The average molecular weight is 231 g/mol. The van der Waals surface area contributed by atoms with Crippen molar-refractivity contribution in [2.75, 3.05) is 0 Å². The average Bonchev–Trinajstić information content (AvgIpc) is 2.41. The lowest BCUT2D eigenvalue weighted by Gasteiger charge is -2.06. The fraction of sp³-hybridized carbons (Fsp3) is 0.600. The SMILES string of the molecule is CCc1c(C)nn(CC(Cl)C(=O)O)c1C. The highest BCUT2D eigenvalue weighted by Gasteiger charge is 2.17. The number of carboxylic acids is 1. The molecule has 0 saturated heterocycles. The van der Waals surface area contributed by atoms with E-state index in [2.05, 4.69) is 12.0 Å². The minimum Gasteiger partial charge on any atom is -0.480 e. The van der Waals surface area contributed by atoms with Gasteiger partial charge in [0.25, 0.3) is 0 Å². The van der Waals surface area contributed by atoms with Crippen molar-refractivity contribution in [2.24, 2.45) is 0 Å². The van der Waals surface area contributed by atoms with Gasteiger partial charge in [-0.2, -0.15) is 5.10 Å². The summed E-state index contributed by atoms with van der Waals surface area (Å²) in [6.45, 7) is 6.12. The standard InChI is InChI=1S/C10H15ClN2O2/c1-4-8-6(2)12-13(7(8)3)5-9(11)10(14)15/h9H,4-5H2,1-3H3,(H,14,15). The number of hydrogen-bond donors (Lipinski definition) is 1. The smallest absolute Gasteiger partial charge is 0.323 e. The van der Waals surface area contributed by atoms with Crippen LogP contribution in [-0.4, -0.2) is 26.2 Å². The van der Waals surface area contributed by atoms with Gasteiger partial charge >= 0.3 is 5.97 Å². The highest BCUT2D eigenvalue weighted by molar-refractivity contribution is 6.29. The lowest BCUT2D eigenvalue weighted by atomic mass is 10.1. The number of carboxylic acid groups (broad SMARTS) is 1. The van der Waals surface area contributed by atoms with Crippen LogP contribution in [0.2, 0.25) is 0 Å². The highest BCUT2D eigenvalue weighted by Crippen LogP contribution is 2.14. The van der Waals surface area contributed by atoms with E-state index in [-0.39, 0.29) is 6.54 Å². The van der Waals surface area contributed by atoms with Crippen molar-refractivity contribution in [1.82, 2.24) is 9.78 Å². The van der Waals surface area contributed by atoms with E-state index in [1.807, 2.05) is 13.8 Å². The summed E-state index contributed by atoms with van der Waals surface area (Å²) in [4.78, 5) is 10.6. The molecule has 1 N–H and O–H groups in total. The predicted molar refractivity (Wildman–Crippen MR) is 58.4 cm³/mol. The van der Waals surface area contributed by atoms with E-state index >= 15 is 0 Å². The third kappa shape index (κ3) is 2.50. The van der Waals surface area contributed by atoms with Gasteiger partial charge in [-0.3, -0.25) is 9.48 Å². The van der Waals surface area contributed by atoms with Gasteiger partial charge in [-0.1, -0.05) is 6.92 Å². The first kappa shape index (κ1) is 12.0. The highest BCUT2D eigenvalue weighted by atomic mass is 35.5. The number of hydrogen-bond acceptors (Lipinski definition) is 2. The Hall–Kier alpha value is -1.03. The number of aliphatic carboxylic acids is 1. The van der Waals surface area contributed by atoms with E-state index in [0.29, 0.717) is 0 Å². The van der Waals surface area contributed by atoms with Crippen LogP contribution in [0.5, 0.6) is 0 Å². The maximum atomic E-state index is 10.6. The topological polar surface area (TPSA) is 55.1 Å². The summed E-state index contributed by atoms with van der Waals surface area (Å²) in [5.74, 6) is -1.01. The zero-order chi connectivity index (χ0) is 11.6. The van der Waals surface area contributed by atoms with E-state index in [1.54, 1.807) is 4.68 Å². The second-order valence-corrected chi connectivity index (χ2v) is 4.02. The van der Waals surface area contributed by atoms with Crippen LogP contribution in [0.1, 0.15) is 23.9 Å². The Bertz CT molecular complexity index is 374. The van der Waals surface area contributed by atoms with Gasteiger partial charge in [-0.15, -0.1) is 11.6 Å². The van der Waals surface area contributed by atoms with Crippen molar-refractivity contribution in [2.45, 2.75) is 39.1 Å². The molecule has 1 heterocycles. The van der Waals surface area contributed by atoms with Crippen LogP contribution in [-0.2, 0) is 17.8 Å². The zero-order valence-corrected chi connectivity index (χ0v) is 9.88. The molecule has 0 amide bonds. The lowest BCUT2D eigenvalue weighted by Crippen LogP contribution is -2.21. The van der Waals surface area contributed by atoms with Crippen molar-refractivity contribution in [3.63, 3.8) is 0 Å². The maximum Gasteiger partial charge on any atom is 0.323 e. The van der Waals surface area contributed by atoms with Crippen LogP contribution in [0.3, 0.4) is 0 Å². The van der Waals surface area contributed by atoms with Gasteiger partial charge in [0.15, 0.2) is 5.38 Å². The summed E-state index contributed by atoms with van der Waals surface area (Å²) in [5, 5.41) is 12.0. The summed E-state index contributed by atoms with van der Waals surface area (Å²) in [6, 6.07) is 0. The first-order chi connectivity index (χ1) is 6.97. The molecular formula is C10H15ClN2O2. The maximum absolute atomic E-state index is 10.6. The largest absolute Gasteiger partial charge is 0.480 e. The molecule has 0 aliphatic rings. The minimum absolute atomic E-state index is 0.212. The van der Waals surface area contributed by atoms with Crippen molar-refractivity contribution >= 4 is 17.6 Å². The van der Waals surface area contributed by atoms with Gasteiger partial charge in [0.1, 0.15) is 0 Å². The van der Waals surface area contributed by atoms with Crippen molar-refractivity contribution in [1.29, 1.82) is 0 Å². The molecule has 0 spiro atoms. The van der Waals surface area contributed by atoms with Crippen LogP contribution in [0.15, 0.2) is 0 Å². The predicted octanol–water partition coefficient (Wildman–Crippen LogP) is 1.75. The van der Waals surface area contributed by atoms with E-state index < -0.39 is 11.3 Å². The molecule has 5 heteroatoms. The van der Waals surface area contributed by atoms with Gasteiger partial charge in [-0.05, 0) is 25.8 Å². The third-order valence-corrected chi connectivity index (χ3v) is 2.81. The molecule has 84 valence electrons. The molecule has 1 atom stereocenters. The van der Waals surface area contributed by atoms with E-state index in [4.69, 9.17) is 16.7 Å². The van der Waals surface area contributed by atoms with Gasteiger partial charge in [0.05, 0.1) is 12.2 Å². The molecule has 0 saturated carbocycles. The van der Waals surface area contributed by atoms with Crippen LogP contribution in [0, 0.1) is 13.8 Å². The first-order valence-corrected chi connectivity index (χ1v) is 5.30. The summed E-state index contributed by atoms with van der Waals surface area (Å²) in [7, 11) is 0. The number of carbonyl (C=O) groups is 1. The second kappa shape index (κ2) is 4.66. The van der Waals surface area contributed by atoms with E-state index in [0.717, 1.165) is 17.8 Å². The number of halogens is 1. The number of alkyl halides is 1.